The van der Waals surface area contributed by atoms with Crippen LogP contribution in [-0.4, -0.2) is 103 Å². The lowest BCUT2D eigenvalue weighted by Crippen LogP contribution is -2.23. The largest absolute Gasteiger partial charge is 0.491 e. The Morgan fingerprint density at radius 3 is 2.10 bits per heavy atom. The molecule has 0 aliphatic carbocycles. The number of nitrogens with one attached hydrogen (secondary N) is 2. The topological polar surface area (TPSA) is 153 Å². The van der Waals surface area contributed by atoms with Crippen LogP contribution in [0.2, 0.25) is 0 Å². The van der Waals surface area contributed by atoms with Crippen molar-refractivity contribution < 1.29 is 33.2 Å². The van der Waals surface area contributed by atoms with Gasteiger partial charge in [0, 0.05) is 37.6 Å². The number of ether oxygens (including phenoxy) is 6. The summed E-state index contributed by atoms with van der Waals surface area (Å²) in [6.45, 7) is 8.71. The number of rotatable bonds is 25. The van der Waals surface area contributed by atoms with Gasteiger partial charge in [-0.3, -0.25) is 4.79 Å². The lowest BCUT2D eigenvalue weighted by Gasteiger charge is -2.11. The van der Waals surface area contributed by atoms with Gasteiger partial charge in [0.15, 0.2) is 11.6 Å². The van der Waals surface area contributed by atoms with Crippen molar-refractivity contribution >= 4 is 11.6 Å². The van der Waals surface area contributed by atoms with Gasteiger partial charge in [-0.1, -0.05) is 25.1 Å². The smallest absolute Gasteiger partial charge is 0.251 e. The monoisotopic (exact) mass is 677 g/mol. The average molecular weight is 678 g/mol. The highest BCUT2D eigenvalue weighted by atomic mass is 16.6. The van der Waals surface area contributed by atoms with Crippen LogP contribution in [0, 0.1) is 0 Å². The minimum atomic E-state index is -0.181. The van der Waals surface area contributed by atoms with E-state index in [1.165, 1.54) is 6.33 Å². The van der Waals surface area contributed by atoms with Crippen molar-refractivity contribution in [2.45, 2.75) is 26.4 Å². The van der Waals surface area contributed by atoms with Crippen molar-refractivity contribution in [2.24, 2.45) is 7.05 Å². The van der Waals surface area contributed by atoms with Gasteiger partial charge in [0.1, 0.15) is 24.4 Å². The molecule has 1 amide bonds. The number of hydrogen-bond acceptors (Lipinski definition) is 12. The second-order valence-corrected chi connectivity index (χ2v) is 10.8. The molecule has 0 aliphatic rings. The van der Waals surface area contributed by atoms with Crippen LogP contribution in [0.3, 0.4) is 0 Å². The highest BCUT2D eigenvalue weighted by molar-refractivity contribution is 5.95. The molecule has 2 aromatic heterocycles. The molecule has 0 atom stereocenters. The van der Waals surface area contributed by atoms with Gasteiger partial charge in [0.2, 0.25) is 0 Å². The van der Waals surface area contributed by atoms with Gasteiger partial charge in [0.25, 0.3) is 5.91 Å². The van der Waals surface area contributed by atoms with E-state index in [4.69, 9.17) is 28.4 Å². The highest BCUT2D eigenvalue weighted by Gasteiger charge is 2.12. The van der Waals surface area contributed by atoms with E-state index in [9.17, 15) is 4.79 Å². The first-order valence-corrected chi connectivity index (χ1v) is 16.5. The molecule has 2 aromatic carbocycles. The van der Waals surface area contributed by atoms with Crippen molar-refractivity contribution in [3.8, 4) is 17.3 Å². The Labute approximate surface area is 287 Å². The van der Waals surface area contributed by atoms with Crippen molar-refractivity contribution in [3.63, 3.8) is 0 Å². The minimum Gasteiger partial charge on any atom is -0.491 e. The molecule has 2 N–H and O–H groups in total. The summed E-state index contributed by atoms with van der Waals surface area (Å²) in [4.78, 5) is 21.1. The molecule has 264 valence electrons. The highest BCUT2D eigenvalue weighted by Crippen LogP contribution is 2.17. The second kappa shape index (κ2) is 22.2. The number of carbonyl (C=O) groups excluding carboxylic acids is 1. The van der Waals surface area contributed by atoms with Gasteiger partial charge in [-0.2, -0.15) is 0 Å². The number of amides is 1. The molecule has 0 saturated carbocycles. The summed E-state index contributed by atoms with van der Waals surface area (Å²) in [5, 5.41) is 14.8. The zero-order valence-corrected chi connectivity index (χ0v) is 28.3. The van der Waals surface area contributed by atoms with Crippen LogP contribution in [0.5, 0.6) is 5.75 Å². The lowest BCUT2D eigenvalue weighted by molar-refractivity contribution is -0.0126. The van der Waals surface area contributed by atoms with Gasteiger partial charge in [-0.15, -0.1) is 10.2 Å². The predicted molar refractivity (Wildman–Crippen MR) is 183 cm³/mol. The number of hydrogen-bond donors (Lipinski definition) is 2. The number of benzene rings is 2. The molecule has 14 nitrogen and oxygen atoms in total. The van der Waals surface area contributed by atoms with E-state index in [-0.39, 0.29) is 5.91 Å². The third kappa shape index (κ3) is 13.9. The van der Waals surface area contributed by atoms with E-state index in [1.807, 2.05) is 48.0 Å². The molecule has 0 saturated heterocycles. The van der Waals surface area contributed by atoms with E-state index < -0.39 is 0 Å². The molecule has 14 heteroatoms. The van der Waals surface area contributed by atoms with Crippen molar-refractivity contribution in [1.82, 2.24) is 30.0 Å². The molecular weight excluding hydrogens is 630 g/mol. The van der Waals surface area contributed by atoms with E-state index in [1.54, 1.807) is 24.4 Å². The van der Waals surface area contributed by atoms with Gasteiger partial charge < -0.3 is 43.6 Å². The second-order valence-electron chi connectivity index (χ2n) is 10.8. The van der Waals surface area contributed by atoms with Crippen molar-refractivity contribution in [3.05, 3.63) is 84.1 Å². The Morgan fingerprint density at radius 2 is 1.43 bits per heavy atom. The van der Waals surface area contributed by atoms with Crippen molar-refractivity contribution in [1.29, 1.82) is 0 Å². The summed E-state index contributed by atoms with van der Waals surface area (Å²) in [5.74, 6) is 1.90. The van der Waals surface area contributed by atoms with Crippen LogP contribution in [-0.2, 0) is 43.8 Å². The number of carbonyl (C=O) groups is 1. The lowest BCUT2D eigenvalue weighted by atomic mass is 10.1. The molecule has 0 aliphatic heterocycles. The third-order valence-electron chi connectivity index (χ3n) is 7.04. The zero-order valence-electron chi connectivity index (χ0n) is 28.3. The quantitative estimate of drug-likeness (QED) is 0.0984. The summed E-state index contributed by atoms with van der Waals surface area (Å²) in [5.41, 5.74) is 2.95. The fourth-order valence-corrected chi connectivity index (χ4v) is 4.49. The first-order valence-electron chi connectivity index (χ1n) is 16.5. The van der Waals surface area contributed by atoms with Gasteiger partial charge in [-0.05, 0) is 48.4 Å². The number of nitrogens with zero attached hydrogens (tertiary/aromatic N) is 5. The summed E-state index contributed by atoms with van der Waals surface area (Å²) in [6, 6.07) is 16.7. The maximum Gasteiger partial charge on any atom is 0.251 e. The van der Waals surface area contributed by atoms with Gasteiger partial charge in [-0.25, -0.2) is 9.97 Å². The normalized spacial score (nSPS) is 11.1. The van der Waals surface area contributed by atoms with Crippen LogP contribution >= 0.6 is 0 Å². The third-order valence-corrected chi connectivity index (χ3v) is 7.04. The molecule has 0 bridgehead atoms. The summed E-state index contributed by atoms with van der Waals surface area (Å²) in [6.07, 6.45) is 4.16. The van der Waals surface area contributed by atoms with Crippen LogP contribution in [0.25, 0.3) is 11.5 Å². The van der Waals surface area contributed by atoms with Crippen LogP contribution in [0.15, 0.2) is 67.1 Å². The molecule has 0 radical (unpaired) electrons. The molecule has 0 unspecified atom stereocenters. The fraction of sp³-hybridized carbons (Fsp3) is 0.457. The number of aromatic nitrogens is 5. The number of anilines is 1. The van der Waals surface area contributed by atoms with E-state index in [2.05, 4.69) is 37.7 Å². The molecular formula is C35H47N7O7. The van der Waals surface area contributed by atoms with E-state index >= 15 is 0 Å². The summed E-state index contributed by atoms with van der Waals surface area (Å²) >= 11 is 0. The Bertz CT molecular complexity index is 1510. The maximum atomic E-state index is 12.9. The Hall–Kier alpha value is -4.47. The van der Waals surface area contributed by atoms with Gasteiger partial charge in [0.05, 0.1) is 66.0 Å². The first kappa shape index (κ1) is 37.4. The van der Waals surface area contributed by atoms with Gasteiger partial charge >= 0.3 is 0 Å². The molecule has 49 heavy (non-hydrogen) atoms. The standard InChI is InChI=1S/C35H47N7O7/c1-3-12-44-13-14-45-15-16-46-17-18-47-19-20-48-21-22-49-31-9-4-6-28(23-31)25-38-35(43)29-7-5-8-30(24-29)37-26-33-40-41-34(42(33)2)32-10-11-36-27-39-32/h4-11,23-24,27,37H,3,12-22,25-26H2,1-2H3,(H,38,43). The van der Waals surface area contributed by atoms with E-state index in [0.29, 0.717) is 102 Å². The fourth-order valence-electron chi connectivity index (χ4n) is 4.49. The van der Waals surface area contributed by atoms with Crippen molar-refractivity contribution in [2.75, 3.05) is 78.0 Å². The van der Waals surface area contributed by atoms with Crippen LogP contribution in [0.4, 0.5) is 5.69 Å². The predicted octanol–water partition coefficient (Wildman–Crippen LogP) is 3.69. The molecule has 4 rings (SSSR count). The maximum absolute atomic E-state index is 12.9. The summed E-state index contributed by atoms with van der Waals surface area (Å²) < 4.78 is 35.1. The zero-order chi connectivity index (χ0) is 34.4. The Balaban J connectivity index is 1.06. The molecule has 0 spiro atoms. The SMILES string of the molecule is CCCOCCOCCOCCOCCOCCOc1cccc(CNC(=O)c2cccc(NCc3nnc(-c4ccncn4)n3C)c2)c1. The van der Waals surface area contributed by atoms with Crippen LogP contribution < -0.4 is 15.4 Å². The minimum absolute atomic E-state index is 0.181. The average Bonchev–Trinajstić information content (AvgIpc) is 3.51. The molecule has 0 fully saturated rings. The Kier molecular flexibility index (Phi) is 16.9. The van der Waals surface area contributed by atoms with Crippen LogP contribution in [0.1, 0.15) is 35.1 Å². The molecule has 2 heterocycles. The summed E-state index contributed by atoms with van der Waals surface area (Å²) in [7, 11) is 1.88. The first-order chi connectivity index (χ1) is 24.1. The molecule has 4 aromatic rings. The van der Waals surface area contributed by atoms with E-state index in [0.717, 1.165) is 30.1 Å². The Morgan fingerprint density at radius 1 is 0.755 bits per heavy atom.